The molecule has 0 saturated carbocycles. The molecule has 2 heterocycles. The van der Waals surface area contributed by atoms with E-state index in [9.17, 15) is 0 Å². The van der Waals surface area contributed by atoms with Crippen molar-refractivity contribution in [1.29, 1.82) is 0 Å². The number of benzene rings is 1. The summed E-state index contributed by atoms with van der Waals surface area (Å²) in [6, 6.07) is 8.29. The first-order chi connectivity index (χ1) is 11.7. The molecular weight excluding hydrogens is 302 g/mol. The van der Waals surface area contributed by atoms with Crippen LogP contribution in [0.2, 0.25) is 0 Å². The maximum Gasteiger partial charge on any atom is 0.224 e. The first-order valence-corrected chi connectivity index (χ1v) is 8.25. The maximum atomic E-state index is 5.22. The van der Waals surface area contributed by atoms with E-state index in [1.54, 1.807) is 7.11 Å². The van der Waals surface area contributed by atoms with Gasteiger partial charge in [-0.15, -0.1) is 0 Å². The van der Waals surface area contributed by atoms with Crippen LogP contribution >= 0.6 is 0 Å². The zero-order valence-corrected chi connectivity index (χ0v) is 14.6. The molecule has 128 valence electrons. The van der Waals surface area contributed by atoms with Crippen molar-refractivity contribution in [2.75, 3.05) is 57.2 Å². The van der Waals surface area contributed by atoms with Gasteiger partial charge in [0.1, 0.15) is 5.75 Å². The van der Waals surface area contributed by atoms with E-state index in [0.29, 0.717) is 0 Å². The lowest BCUT2D eigenvalue weighted by Crippen LogP contribution is -2.46. The maximum absolute atomic E-state index is 5.22. The largest absolute Gasteiger partial charge is 0.497 e. The molecule has 1 aliphatic heterocycles. The number of aromatic nitrogens is 2. The van der Waals surface area contributed by atoms with Gasteiger partial charge in [-0.1, -0.05) is 0 Å². The van der Waals surface area contributed by atoms with Crippen LogP contribution in [0.4, 0.5) is 11.6 Å². The van der Waals surface area contributed by atoms with Gasteiger partial charge in [-0.05, 0) is 24.3 Å². The van der Waals surface area contributed by atoms with Crippen LogP contribution in [0.1, 0.15) is 5.56 Å². The highest BCUT2D eigenvalue weighted by Crippen LogP contribution is 2.21. The Bertz CT molecular complexity index is 633. The van der Waals surface area contributed by atoms with E-state index >= 15 is 0 Å². The molecule has 6 nitrogen and oxygen atoms in total. The Balaban J connectivity index is 1.52. The summed E-state index contributed by atoms with van der Waals surface area (Å²) in [6.45, 7) is 5.05. The lowest BCUT2D eigenvalue weighted by atomic mass is 10.2. The number of hydrogen-bond acceptors (Lipinski definition) is 6. The van der Waals surface area contributed by atoms with E-state index in [-0.39, 0.29) is 0 Å². The van der Waals surface area contributed by atoms with E-state index in [1.165, 1.54) is 11.3 Å². The fourth-order valence-corrected chi connectivity index (χ4v) is 2.88. The monoisotopic (exact) mass is 327 g/mol. The SMILES string of the molecule is COc1ccc(N2CCN(Cc3cnc(N(C)C)nc3)CC2)cc1. The van der Waals surface area contributed by atoms with Crippen molar-refractivity contribution >= 4 is 11.6 Å². The molecule has 0 amide bonds. The Labute approximate surface area is 143 Å². The Kier molecular flexibility index (Phi) is 5.15. The van der Waals surface area contributed by atoms with E-state index < -0.39 is 0 Å². The minimum Gasteiger partial charge on any atom is -0.497 e. The number of anilines is 2. The van der Waals surface area contributed by atoms with E-state index in [1.807, 2.05) is 43.5 Å². The fraction of sp³-hybridized carbons (Fsp3) is 0.444. The second-order valence-corrected chi connectivity index (χ2v) is 6.25. The molecule has 2 aromatic rings. The summed E-state index contributed by atoms with van der Waals surface area (Å²) in [5.74, 6) is 1.65. The fourth-order valence-electron chi connectivity index (χ4n) is 2.88. The first kappa shape index (κ1) is 16.5. The van der Waals surface area contributed by atoms with Gasteiger partial charge in [0.2, 0.25) is 5.95 Å². The highest BCUT2D eigenvalue weighted by molar-refractivity contribution is 5.49. The molecule has 1 fully saturated rings. The topological polar surface area (TPSA) is 44.7 Å². The normalized spacial score (nSPS) is 15.4. The second kappa shape index (κ2) is 7.49. The van der Waals surface area contributed by atoms with E-state index in [2.05, 4.69) is 31.9 Å². The van der Waals surface area contributed by atoms with Crippen LogP contribution in [0.5, 0.6) is 5.75 Å². The molecule has 1 aliphatic rings. The summed E-state index contributed by atoms with van der Waals surface area (Å²) >= 11 is 0. The van der Waals surface area contributed by atoms with Crippen molar-refractivity contribution < 1.29 is 4.74 Å². The van der Waals surface area contributed by atoms with Gasteiger partial charge in [0.15, 0.2) is 0 Å². The minimum absolute atomic E-state index is 0.753. The Hall–Kier alpha value is -2.34. The van der Waals surface area contributed by atoms with Crippen molar-refractivity contribution in [3.63, 3.8) is 0 Å². The van der Waals surface area contributed by atoms with Crippen molar-refractivity contribution in [3.05, 3.63) is 42.2 Å². The highest BCUT2D eigenvalue weighted by Gasteiger charge is 2.17. The molecule has 0 spiro atoms. The molecule has 0 bridgehead atoms. The Morgan fingerprint density at radius 1 is 1.00 bits per heavy atom. The Morgan fingerprint density at radius 2 is 1.62 bits per heavy atom. The van der Waals surface area contributed by atoms with Crippen LogP contribution in [0.15, 0.2) is 36.7 Å². The molecule has 0 unspecified atom stereocenters. The van der Waals surface area contributed by atoms with E-state index in [4.69, 9.17) is 4.74 Å². The van der Waals surface area contributed by atoms with Crippen LogP contribution in [0, 0.1) is 0 Å². The van der Waals surface area contributed by atoms with Gasteiger partial charge in [0, 0.05) is 70.5 Å². The van der Waals surface area contributed by atoms with Gasteiger partial charge in [-0.25, -0.2) is 9.97 Å². The summed E-state index contributed by atoms with van der Waals surface area (Å²) in [5, 5.41) is 0. The molecule has 6 heteroatoms. The zero-order valence-electron chi connectivity index (χ0n) is 14.6. The minimum atomic E-state index is 0.753. The molecule has 0 radical (unpaired) electrons. The summed E-state index contributed by atoms with van der Waals surface area (Å²) < 4.78 is 5.22. The zero-order chi connectivity index (χ0) is 16.9. The lowest BCUT2D eigenvalue weighted by molar-refractivity contribution is 0.249. The third-order valence-electron chi connectivity index (χ3n) is 4.31. The Morgan fingerprint density at radius 3 is 2.17 bits per heavy atom. The average Bonchev–Trinajstić information content (AvgIpc) is 2.63. The molecule has 0 aliphatic carbocycles. The van der Waals surface area contributed by atoms with Crippen LogP contribution < -0.4 is 14.5 Å². The van der Waals surface area contributed by atoms with Gasteiger partial charge in [0.05, 0.1) is 7.11 Å². The summed E-state index contributed by atoms with van der Waals surface area (Å²) in [5.41, 5.74) is 2.42. The van der Waals surface area contributed by atoms with Gasteiger partial charge < -0.3 is 14.5 Å². The summed E-state index contributed by atoms with van der Waals surface area (Å²) in [6.07, 6.45) is 3.86. The third kappa shape index (κ3) is 3.94. The molecular formula is C18H25N5O. The van der Waals surface area contributed by atoms with Crippen molar-refractivity contribution in [2.45, 2.75) is 6.54 Å². The van der Waals surface area contributed by atoms with Crippen molar-refractivity contribution in [1.82, 2.24) is 14.9 Å². The molecule has 3 rings (SSSR count). The van der Waals surface area contributed by atoms with Crippen LogP contribution in [0.3, 0.4) is 0 Å². The number of rotatable bonds is 5. The summed E-state index contributed by atoms with van der Waals surface area (Å²) in [4.78, 5) is 15.6. The first-order valence-electron chi connectivity index (χ1n) is 8.25. The van der Waals surface area contributed by atoms with Gasteiger partial charge in [-0.3, -0.25) is 4.90 Å². The van der Waals surface area contributed by atoms with Crippen LogP contribution in [-0.2, 0) is 6.54 Å². The lowest BCUT2D eigenvalue weighted by Gasteiger charge is -2.36. The molecule has 1 aromatic carbocycles. The number of piperazine rings is 1. The number of hydrogen-bond donors (Lipinski definition) is 0. The van der Waals surface area contributed by atoms with Crippen LogP contribution in [0.25, 0.3) is 0 Å². The van der Waals surface area contributed by atoms with Crippen molar-refractivity contribution in [2.24, 2.45) is 0 Å². The molecule has 0 atom stereocenters. The van der Waals surface area contributed by atoms with Gasteiger partial charge >= 0.3 is 0 Å². The number of nitrogens with zero attached hydrogens (tertiary/aromatic N) is 5. The predicted molar refractivity (Wildman–Crippen MR) is 96.8 cm³/mol. The quantitative estimate of drug-likeness (QED) is 0.835. The molecule has 24 heavy (non-hydrogen) atoms. The third-order valence-corrected chi connectivity index (χ3v) is 4.31. The van der Waals surface area contributed by atoms with E-state index in [0.717, 1.165) is 44.4 Å². The smallest absolute Gasteiger partial charge is 0.224 e. The molecule has 1 saturated heterocycles. The van der Waals surface area contributed by atoms with Gasteiger partial charge in [0.25, 0.3) is 0 Å². The second-order valence-electron chi connectivity index (χ2n) is 6.25. The van der Waals surface area contributed by atoms with Crippen LogP contribution in [-0.4, -0.2) is 62.3 Å². The standard InChI is InChI=1S/C18H25N5O/c1-21(2)18-19-12-15(13-20-18)14-22-8-10-23(11-9-22)16-4-6-17(24-3)7-5-16/h4-7,12-13H,8-11,14H2,1-3H3. The number of ether oxygens (including phenoxy) is 1. The summed E-state index contributed by atoms with van der Waals surface area (Å²) in [7, 11) is 5.60. The average molecular weight is 327 g/mol. The molecule has 0 N–H and O–H groups in total. The number of methoxy groups -OCH3 is 1. The highest BCUT2D eigenvalue weighted by atomic mass is 16.5. The predicted octanol–water partition coefficient (Wildman–Crippen LogP) is 1.87. The molecule has 1 aromatic heterocycles. The van der Waals surface area contributed by atoms with Gasteiger partial charge in [-0.2, -0.15) is 0 Å². The van der Waals surface area contributed by atoms with Crippen molar-refractivity contribution in [3.8, 4) is 5.75 Å².